The fourth-order valence-corrected chi connectivity index (χ4v) is 2.12. The second kappa shape index (κ2) is 6.78. The Labute approximate surface area is 129 Å². The number of benzene rings is 1. The molecule has 0 aliphatic carbocycles. The van der Waals surface area contributed by atoms with Crippen LogP contribution in [0.25, 0.3) is 0 Å². The van der Waals surface area contributed by atoms with Crippen LogP contribution in [-0.2, 0) is 11.2 Å². The lowest BCUT2D eigenvalue weighted by Crippen LogP contribution is -2.35. The molecule has 0 radical (unpaired) electrons. The number of rotatable bonds is 3. The molecule has 0 aromatic heterocycles. The number of nitrogens with one attached hydrogen (secondary N) is 2. The number of anilines is 1. The van der Waals surface area contributed by atoms with E-state index in [2.05, 4.69) is 10.6 Å². The van der Waals surface area contributed by atoms with E-state index in [4.69, 9.17) is 0 Å². The van der Waals surface area contributed by atoms with Crippen LogP contribution in [0, 0.1) is 0 Å². The molecule has 3 nitrogen and oxygen atoms in total. The summed E-state index contributed by atoms with van der Waals surface area (Å²) >= 11 is 0. The van der Waals surface area contributed by atoms with Gasteiger partial charge < -0.3 is 5.32 Å². The monoisotopic (exact) mass is 344 g/mol. The van der Waals surface area contributed by atoms with Crippen LogP contribution < -0.4 is 10.6 Å². The van der Waals surface area contributed by atoms with E-state index in [0.29, 0.717) is 0 Å². The summed E-state index contributed by atoms with van der Waals surface area (Å²) in [6, 6.07) is 4.19. The molecule has 124 valence electrons. The molecule has 2 N–H and O–H groups in total. The second-order valence-electron chi connectivity index (χ2n) is 4.98. The van der Waals surface area contributed by atoms with Crippen molar-refractivity contribution in [3.05, 3.63) is 29.8 Å². The van der Waals surface area contributed by atoms with Gasteiger partial charge in [0, 0.05) is 12.1 Å². The number of amides is 1. The molecule has 9 heteroatoms. The first-order valence-corrected chi connectivity index (χ1v) is 6.22. The highest BCUT2D eigenvalue weighted by atomic mass is 35.5. The minimum atomic E-state index is -4.35. The van der Waals surface area contributed by atoms with Crippen molar-refractivity contribution in [3.63, 3.8) is 0 Å². The van der Waals surface area contributed by atoms with Crippen molar-refractivity contribution >= 4 is 24.0 Å². The number of hydrogen-bond donors (Lipinski definition) is 2. The van der Waals surface area contributed by atoms with Gasteiger partial charge in [-0.2, -0.15) is 13.2 Å². The van der Waals surface area contributed by atoms with Gasteiger partial charge in [0.1, 0.15) is 0 Å². The Kier molecular flexibility index (Phi) is 5.75. The first-order chi connectivity index (χ1) is 9.65. The van der Waals surface area contributed by atoms with E-state index in [1.54, 1.807) is 0 Å². The quantitative estimate of drug-likeness (QED) is 0.827. The predicted molar refractivity (Wildman–Crippen MR) is 73.4 cm³/mol. The van der Waals surface area contributed by atoms with Crippen molar-refractivity contribution in [2.75, 3.05) is 11.9 Å². The summed E-state index contributed by atoms with van der Waals surface area (Å²) in [5.74, 6) is -3.63. The number of alkyl halides is 5. The lowest BCUT2D eigenvalue weighted by Gasteiger charge is -2.12. The predicted octanol–water partition coefficient (Wildman–Crippen LogP) is 3.15. The van der Waals surface area contributed by atoms with Crippen molar-refractivity contribution in [3.8, 4) is 0 Å². The summed E-state index contributed by atoms with van der Waals surface area (Å²) in [5, 5.41) is 4.72. The van der Waals surface area contributed by atoms with Crippen molar-refractivity contribution in [2.24, 2.45) is 0 Å². The van der Waals surface area contributed by atoms with Crippen LogP contribution in [0.4, 0.5) is 27.6 Å². The van der Waals surface area contributed by atoms with Gasteiger partial charge in [-0.25, -0.2) is 8.78 Å². The van der Waals surface area contributed by atoms with E-state index in [1.165, 1.54) is 24.3 Å². The lowest BCUT2D eigenvalue weighted by molar-refractivity contribution is -0.127. The van der Waals surface area contributed by atoms with Crippen LogP contribution in [0.3, 0.4) is 0 Å². The Hall–Kier alpha value is -1.41. The molecule has 1 aliphatic heterocycles. The molecule has 1 atom stereocenters. The van der Waals surface area contributed by atoms with Gasteiger partial charge in [0.25, 0.3) is 5.92 Å². The Morgan fingerprint density at radius 3 is 2.59 bits per heavy atom. The van der Waals surface area contributed by atoms with Gasteiger partial charge in [-0.05, 0) is 17.7 Å². The number of halogens is 6. The smallest absolute Gasteiger partial charge is 0.325 e. The molecule has 22 heavy (non-hydrogen) atoms. The Morgan fingerprint density at radius 2 is 2.05 bits per heavy atom. The maximum absolute atomic E-state index is 13.0. The Bertz CT molecular complexity index is 535. The van der Waals surface area contributed by atoms with Gasteiger partial charge in [-0.3, -0.25) is 10.1 Å². The van der Waals surface area contributed by atoms with Crippen LogP contribution in [-0.4, -0.2) is 30.6 Å². The van der Waals surface area contributed by atoms with Crippen molar-refractivity contribution in [1.29, 1.82) is 0 Å². The van der Waals surface area contributed by atoms with E-state index in [0.717, 1.165) is 0 Å². The summed E-state index contributed by atoms with van der Waals surface area (Å²) in [6.07, 6.45) is -6.09. The molecule has 0 saturated carbocycles. The van der Waals surface area contributed by atoms with E-state index in [-0.39, 0.29) is 23.7 Å². The van der Waals surface area contributed by atoms with Gasteiger partial charge >= 0.3 is 6.18 Å². The van der Waals surface area contributed by atoms with Crippen LogP contribution >= 0.6 is 12.4 Å². The SMILES string of the molecule is Cl.O=C(Nc1cccc(CC(F)(F)F)c1)C1CC(F)(F)CN1. The third-order valence-corrected chi connectivity index (χ3v) is 3.03. The molecule has 1 saturated heterocycles. The molecule has 1 amide bonds. The topological polar surface area (TPSA) is 41.1 Å². The fraction of sp³-hybridized carbons (Fsp3) is 0.462. The minimum absolute atomic E-state index is 0. The first-order valence-electron chi connectivity index (χ1n) is 6.22. The van der Waals surface area contributed by atoms with E-state index in [1.807, 2.05) is 0 Å². The molecule has 2 rings (SSSR count). The Morgan fingerprint density at radius 1 is 1.36 bits per heavy atom. The van der Waals surface area contributed by atoms with Gasteiger partial charge in [0.2, 0.25) is 5.91 Å². The average Bonchev–Trinajstić information content (AvgIpc) is 2.68. The highest BCUT2D eigenvalue weighted by Crippen LogP contribution is 2.26. The third kappa shape index (κ3) is 5.42. The van der Waals surface area contributed by atoms with Gasteiger partial charge in [0.15, 0.2) is 0 Å². The molecule has 1 aromatic rings. The molecular formula is C13H14ClF5N2O. The summed E-state index contributed by atoms with van der Waals surface area (Å²) in [5.41, 5.74) is 0.142. The summed E-state index contributed by atoms with van der Waals surface area (Å²) in [7, 11) is 0. The molecule has 1 aliphatic rings. The van der Waals surface area contributed by atoms with Crippen molar-refractivity contribution < 1.29 is 26.7 Å². The number of hydrogen-bond acceptors (Lipinski definition) is 2. The molecular weight excluding hydrogens is 331 g/mol. The number of carbonyl (C=O) groups is 1. The highest BCUT2D eigenvalue weighted by molar-refractivity contribution is 5.95. The van der Waals surface area contributed by atoms with Gasteiger partial charge in [-0.15, -0.1) is 12.4 Å². The van der Waals surface area contributed by atoms with Crippen LogP contribution in [0.5, 0.6) is 0 Å². The maximum atomic E-state index is 13.0. The zero-order valence-corrected chi connectivity index (χ0v) is 12.0. The molecule has 1 aromatic carbocycles. The largest absolute Gasteiger partial charge is 0.393 e. The van der Waals surface area contributed by atoms with Gasteiger partial charge in [0.05, 0.1) is 19.0 Å². The zero-order chi connectivity index (χ0) is 15.7. The van der Waals surface area contributed by atoms with Gasteiger partial charge in [-0.1, -0.05) is 12.1 Å². The normalized spacial score (nSPS) is 20.3. The summed E-state index contributed by atoms with van der Waals surface area (Å²) in [6.45, 7) is -0.584. The maximum Gasteiger partial charge on any atom is 0.393 e. The Balaban J connectivity index is 0.00000242. The number of carbonyl (C=O) groups excluding carboxylic acids is 1. The van der Waals surface area contributed by atoms with Crippen LogP contribution in [0.2, 0.25) is 0 Å². The van der Waals surface area contributed by atoms with Crippen LogP contribution in [0.1, 0.15) is 12.0 Å². The second-order valence-corrected chi connectivity index (χ2v) is 4.98. The standard InChI is InChI=1S/C13H13F5N2O.ClH/c14-12(15)6-10(19-7-12)11(21)20-9-3-1-2-8(4-9)5-13(16,17)18;/h1-4,10,19H,5-7H2,(H,20,21);1H. The van der Waals surface area contributed by atoms with E-state index < -0.39 is 43.4 Å². The molecule has 1 fully saturated rings. The molecule has 0 spiro atoms. The van der Waals surface area contributed by atoms with Crippen molar-refractivity contribution in [2.45, 2.75) is 31.0 Å². The average molecular weight is 345 g/mol. The molecule has 1 heterocycles. The molecule has 0 bridgehead atoms. The van der Waals surface area contributed by atoms with E-state index >= 15 is 0 Å². The summed E-state index contributed by atoms with van der Waals surface area (Å²) < 4.78 is 62.8. The summed E-state index contributed by atoms with van der Waals surface area (Å²) in [4.78, 5) is 11.8. The van der Waals surface area contributed by atoms with E-state index in [9.17, 15) is 26.7 Å². The third-order valence-electron chi connectivity index (χ3n) is 3.03. The van der Waals surface area contributed by atoms with Crippen molar-refractivity contribution in [1.82, 2.24) is 5.32 Å². The molecule has 1 unspecified atom stereocenters. The fourth-order valence-electron chi connectivity index (χ4n) is 2.12. The lowest BCUT2D eigenvalue weighted by atomic mass is 10.1. The zero-order valence-electron chi connectivity index (χ0n) is 11.2. The first kappa shape index (κ1) is 18.6. The highest BCUT2D eigenvalue weighted by Gasteiger charge is 2.42. The minimum Gasteiger partial charge on any atom is -0.325 e. The van der Waals surface area contributed by atoms with Crippen LogP contribution in [0.15, 0.2) is 24.3 Å².